The summed E-state index contributed by atoms with van der Waals surface area (Å²) in [4.78, 5) is 2.46. The maximum absolute atomic E-state index is 5.29. The van der Waals surface area contributed by atoms with Gasteiger partial charge in [0.15, 0.2) is 0 Å². The van der Waals surface area contributed by atoms with Crippen LogP contribution in [0.25, 0.3) is 0 Å². The zero-order valence-corrected chi connectivity index (χ0v) is 10.8. The van der Waals surface area contributed by atoms with Crippen molar-refractivity contribution in [2.24, 2.45) is 0 Å². The summed E-state index contributed by atoms with van der Waals surface area (Å²) in [5.41, 5.74) is 0. The Labute approximate surface area is 103 Å². The largest absolute Gasteiger partial charge is 0.424 e. The van der Waals surface area contributed by atoms with Gasteiger partial charge in [-0.3, -0.25) is 0 Å². The van der Waals surface area contributed by atoms with Gasteiger partial charge in [-0.15, -0.1) is 10.2 Å². The zero-order valence-electron chi connectivity index (χ0n) is 10.8. The van der Waals surface area contributed by atoms with Gasteiger partial charge in [0.25, 0.3) is 0 Å². The number of nitrogens with zero attached hydrogens (tertiary/aromatic N) is 3. The smallest absolute Gasteiger partial charge is 0.230 e. The molecule has 5 nitrogen and oxygen atoms in total. The third kappa shape index (κ3) is 3.78. The molecule has 2 rings (SSSR count). The molecular formula is C12H22N4O. The van der Waals surface area contributed by atoms with Gasteiger partial charge in [0, 0.05) is 26.1 Å². The molecule has 0 radical (unpaired) electrons. The maximum atomic E-state index is 5.29. The Hall–Kier alpha value is -0.940. The van der Waals surface area contributed by atoms with Gasteiger partial charge >= 0.3 is 0 Å². The maximum Gasteiger partial charge on any atom is 0.230 e. The van der Waals surface area contributed by atoms with Gasteiger partial charge in [-0.05, 0) is 19.9 Å². The van der Waals surface area contributed by atoms with E-state index in [1.54, 1.807) is 0 Å². The van der Waals surface area contributed by atoms with E-state index < -0.39 is 0 Å². The summed E-state index contributed by atoms with van der Waals surface area (Å²) in [6.45, 7) is 4.52. The normalized spacial score (nSPS) is 17.1. The van der Waals surface area contributed by atoms with Crippen molar-refractivity contribution in [2.75, 3.05) is 20.1 Å². The highest BCUT2D eigenvalue weighted by Crippen LogP contribution is 2.21. The molecule has 1 aliphatic carbocycles. The Balaban J connectivity index is 1.59. The number of nitrogens with one attached hydrogen (secondary N) is 1. The van der Waals surface area contributed by atoms with Gasteiger partial charge in [0.05, 0.1) is 6.54 Å². The molecule has 0 aromatic carbocycles. The molecule has 1 saturated carbocycles. The first kappa shape index (κ1) is 12.5. The third-order valence-electron chi connectivity index (χ3n) is 3.43. The van der Waals surface area contributed by atoms with E-state index in [4.69, 9.17) is 4.42 Å². The molecule has 0 bridgehead atoms. The average Bonchev–Trinajstić information content (AvgIpc) is 2.95. The Morgan fingerprint density at radius 3 is 2.76 bits per heavy atom. The highest BCUT2D eigenvalue weighted by atomic mass is 16.4. The van der Waals surface area contributed by atoms with Crippen LogP contribution >= 0.6 is 0 Å². The van der Waals surface area contributed by atoms with Crippen molar-refractivity contribution < 1.29 is 4.42 Å². The molecule has 1 aromatic heterocycles. The highest BCUT2D eigenvalue weighted by molar-refractivity contribution is 4.79. The summed E-state index contributed by atoms with van der Waals surface area (Å²) >= 11 is 0. The Morgan fingerprint density at radius 1 is 1.35 bits per heavy atom. The minimum absolute atomic E-state index is 0.630. The van der Waals surface area contributed by atoms with Gasteiger partial charge in [0.1, 0.15) is 0 Å². The summed E-state index contributed by atoms with van der Waals surface area (Å²) < 4.78 is 5.29. The van der Waals surface area contributed by atoms with Crippen molar-refractivity contribution in [1.82, 2.24) is 20.4 Å². The van der Waals surface area contributed by atoms with Crippen LogP contribution in [0.1, 0.15) is 37.5 Å². The molecule has 0 aliphatic heterocycles. The first-order chi connectivity index (χ1) is 8.25. The Morgan fingerprint density at radius 2 is 2.12 bits per heavy atom. The minimum Gasteiger partial charge on any atom is -0.424 e. The summed E-state index contributed by atoms with van der Waals surface area (Å²) in [5.74, 6) is 1.30. The molecule has 0 spiro atoms. The second kappa shape index (κ2) is 6.12. The van der Waals surface area contributed by atoms with E-state index in [1.807, 2.05) is 6.92 Å². The van der Waals surface area contributed by atoms with Gasteiger partial charge in [-0.1, -0.05) is 12.8 Å². The lowest BCUT2D eigenvalue weighted by Gasteiger charge is -2.23. The molecule has 1 aliphatic rings. The molecule has 1 fully saturated rings. The van der Waals surface area contributed by atoms with Crippen LogP contribution in [0.4, 0.5) is 0 Å². The number of hydrogen-bond donors (Lipinski definition) is 1. The van der Waals surface area contributed by atoms with Crippen LogP contribution in [-0.4, -0.2) is 41.3 Å². The van der Waals surface area contributed by atoms with Crippen molar-refractivity contribution in [3.05, 3.63) is 11.8 Å². The van der Waals surface area contributed by atoms with Gasteiger partial charge in [-0.2, -0.15) is 0 Å². The van der Waals surface area contributed by atoms with E-state index in [2.05, 4.69) is 27.5 Å². The second-order valence-electron chi connectivity index (χ2n) is 4.81. The van der Waals surface area contributed by atoms with Crippen LogP contribution in [0, 0.1) is 6.92 Å². The van der Waals surface area contributed by atoms with Crippen LogP contribution in [0.2, 0.25) is 0 Å². The molecule has 1 N–H and O–H groups in total. The van der Waals surface area contributed by atoms with E-state index >= 15 is 0 Å². The molecule has 5 heteroatoms. The number of rotatable bonds is 6. The number of hydrogen-bond acceptors (Lipinski definition) is 5. The van der Waals surface area contributed by atoms with E-state index in [0.717, 1.165) is 19.1 Å². The van der Waals surface area contributed by atoms with Crippen LogP contribution < -0.4 is 5.32 Å². The zero-order chi connectivity index (χ0) is 12.1. The molecule has 1 aromatic rings. The summed E-state index contributed by atoms with van der Waals surface area (Å²) in [7, 11) is 2.22. The lowest BCUT2D eigenvalue weighted by atomic mass is 10.2. The number of aromatic nitrogens is 2. The SMILES string of the molecule is Cc1nnc(CNCCN(C)C2CCCC2)o1. The fourth-order valence-electron chi connectivity index (χ4n) is 2.39. The van der Waals surface area contributed by atoms with Gasteiger partial charge < -0.3 is 14.6 Å². The molecule has 0 unspecified atom stereocenters. The first-order valence-electron chi connectivity index (χ1n) is 6.45. The van der Waals surface area contributed by atoms with Crippen molar-refractivity contribution in [3.8, 4) is 0 Å². The van der Waals surface area contributed by atoms with E-state index in [-0.39, 0.29) is 0 Å². The molecule has 1 heterocycles. The fourth-order valence-corrected chi connectivity index (χ4v) is 2.39. The quantitative estimate of drug-likeness (QED) is 0.758. The molecule has 96 valence electrons. The van der Waals surface area contributed by atoms with E-state index in [0.29, 0.717) is 18.3 Å². The van der Waals surface area contributed by atoms with Crippen molar-refractivity contribution in [3.63, 3.8) is 0 Å². The van der Waals surface area contributed by atoms with Crippen LogP contribution in [0.5, 0.6) is 0 Å². The number of likely N-dealkylation sites (N-methyl/N-ethyl adjacent to an activating group) is 1. The Kier molecular flexibility index (Phi) is 4.50. The van der Waals surface area contributed by atoms with Crippen molar-refractivity contribution in [1.29, 1.82) is 0 Å². The van der Waals surface area contributed by atoms with Gasteiger partial charge in [0.2, 0.25) is 11.8 Å². The van der Waals surface area contributed by atoms with Crippen LogP contribution in [0.15, 0.2) is 4.42 Å². The molecule has 0 saturated heterocycles. The molecular weight excluding hydrogens is 216 g/mol. The van der Waals surface area contributed by atoms with Crippen LogP contribution in [-0.2, 0) is 6.54 Å². The first-order valence-corrected chi connectivity index (χ1v) is 6.45. The summed E-state index contributed by atoms with van der Waals surface area (Å²) in [5, 5.41) is 11.1. The lowest BCUT2D eigenvalue weighted by Crippen LogP contribution is -2.35. The highest BCUT2D eigenvalue weighted by Gasteiger charge is 2.18. The van der Waals surface area contributed by atoms with Crippen LogP contribution in [0.3, 0.4) is 0 Å². The monoisotopic (exact) mass is 238 g/mol. The predicted molar refractivity (Wildman–Crippen MR) is 65.6 cm³/mol. The van der Waals surface area contributed by atoms with Gasteiger partial charge in [-0.25, -0.2) is 0 Å². The lowest BCUT2D eigenvalue weighted by molar-refractivity contribution is 0.244. The average molecular weight is 238 g/mol. The van der Waals surface area contributed by atoms with E-state index in [1.165, 1.54) is 25.7 Å². The number of aryl methyl sites for hydroxylation is 1. The third-order valence-corrected chi connectivity index (χ3v) is 3.43. The summed E-state index contributed by atoms with van der Waals surface area (Å²) in [6.07, 6.45) is 5.51. The topological polar surface area (TPSA) is 54.2 Å². The van der Waals surface area contributed by atoms with Crippen molar-refractivity contribution >= 4 is 0 Å². The summed E-state index contributed by atoms with van der Waals surface area (Å²) in [6, 6.07) is 0.794. The Bertz CT molecular complexity index is 333. The van der Waals surface area contributed by atoms with Crippen molar-refractivity contribution in [2.45, 2.75) is 45.2 Å². The molecule has 0 atom stereocenters. The molecule has 17 heavy (non-hydrogen) atoms. The van der Waals surface area contributed by atoms with E-state index in [9.17, 15) is 0 Å². The standard InChI is InChI=1S/C12H22N4O/c1-10-14-15-12(17-10)9-13-7-8-16(2)11-5-3-4-6-11/h11,13H,3-9H2,1-2H3. The second-order valence-corrected chi connectivity index (χ2v) is 4.81. The molecule has 0 amide bonds. The fraction of sp³-hybridized carbons (Fsp3) is 0.833. The minimum atomic E-state index is 0.630. The predicted octanol–water partition coefficient (Wildman–Crippen LogP) is 1.34.